The lowest BCUT2D eigenvalue weighted by atomic mass is 9.90. The molecule has 0 radical (unpaired) electrons. The van der Waals surface area contributed by atoms with Gasteiger partial charge in [-0.1, -0.05) is 20.8 Å². The molecule has 0 saturated carbocycles. The summed E-state index contributed by atoms with van der Waals surface area (Å²) in [5, 5.41) is 2.18. The molecule has 0 unspecified atom stereocenters. The Balaban J connectivity index is 3.76. The second kappa shape index (κ2) is 4.38. The van der Waals surface area contributed by atoms with Crippen molar-refractivity contribution in [1.29, 1.82) is 0 Å². The van der Waals surface area contributed by atoms with E-state index in [1.807, 2.05) is 20.8 Å². The van der Waals surface area contributed by atoms with Crippen LogP contribution in [0.4, 0.5) is 8.78 Å². The summed E-state index contributed by atoms with van der Waals surface area (Å²) in [7, 11) is 0. The minimum Gasteiger partial charge on any atom is -0.351 e. The first kappa shape index (κ1) is 11.3. The second-order valence-corrected chi connectivity index (χ2v) is 3.54. The van der Waals surface area contributed by atoms with Gasteiger partial charge in [-0.05, 0) is 11.8 Å². The van der Waals surface area contributed by atoms with Crippen LogP contribution < -0.4 is 5.32 Å². The lowest BCUT2D eigenvalue weighted by molar-refractivity contribution is -0.132. The van der Waals surface area contributed by atoms with E-state index in [4.69, 9.17) is 0 Å². The minimum atomic E-state index is -2.90. The van der Waals surface area contributed by atoms with Gasteiger partial charge >= 0.3 is 6.43 Å². The van der Waals surface area contributed by atoms with Gasteiger partial charge in [-0.2, -0.15) is 8.78 Å². The van der Waals surface area contributed by atoms with E-state index in [0.717, 1.165) is 6.42 Å². The van der Waals surface area contributed by atoms with Crippen molar-refractivity contribution < 1.29 is 13.6 Å². The standard InChI is InChI=1S/C8H15F2NO/c1-4-8(2,3)5-11-7(12)6(9)10/h6H,4-5H2,1-3H3,(H,11,12). The number of halogens is 2. The summed E-state index contributed by atoms with van der Waals surface area (Å²) in [6.07, 6.45) is -2.06. The van der Waals surface area contributed by atoms with Gasteiger partial charge < -0.3 is 5.32 Å². The third-order valence-electron chi connectivity index (χ3n) is 1.90. The molecule has 0 aromatic rings. The molecular formula is C8H15F2NO. The number of amides is 1. The van der Waals surface area contributed by atoms with E-state index in [9.17, 15) is 13.6 Å². The molecule has 0 spiro atoms. The molecule has 0 aromatic heterocycles. The van der Waals surface area contributed by atoms with Crippen LogP contribution in [0.25, 0.3) is 0 Å². The molecule has 0 atom stereocenters. The van der Waals surface area contributed by atoms with Crippen LogP contribution in [-0.2, 0) is 4.79 Å². The van der Waals surface area contributed by atoms with E-state index in [1.165, 1.54) is 0 Å². The molecule has 4 heteroatoms. The van der Waals surface area contributed by atoms with Crippen molar-refractivity contribution in [1.82, 2.24) is 5.32 Å². The van der Waals surface area contributed by atoms with E-state index in [-0.39, 0.29) is 5.41 Å². The van der Waals surface area contributed by atoms with Crippen LogP contribution in [0, 0.1) is 5.41 Å². The maximum Gasteiger partial charge on any atom is 0.315 e. The lowest BCUT2D eigenvalue weighted by Gasteiger charge is -2.22. The topological polar surface area (TPSA) is 29.1 Å². The fourth-order valence-corrected chi connectivity index (χ4v) is 0.529. The Hall–Kier alpha value is -0.670. The summed E-state index contributed by atoms with van der Waals surface area (Å²) < 4.78 is 23.4. The first-order valence-electron chi connectivity index (χ1n) is 3.95. The molecule has 72 valence electrons. The molecule has 0 aliphatic carbocycles. The highest BCUT2D eigenvalue weighted by Crippen LogP contribution is 2.17. The molecule has 0 saturated heterocycles. The Morgan fingerprint density at radius 2 is 2.00 bits per heavy atom. The molecule has 1 amide bonds. The van der Waals surface area contributed by atoms with Crippen molar-refractivity contribution in [3.63, 3.8) is 0 Å². The zero-order chi connectivity index (χ0) is 9.78. The van der Waals surface area contributed by atoms with E-state index >= 15 is 0 Å². The highest BCUT2D eigenvalue weighted by Gasteiger charge is 2.20. The number of carbonyl (C=O) groups is 1. The highest BCUT2D eigenvalue weighted by molar-refractivity contribution is 5.79. The summed E-state index contributed by atoms with van der Waals surface area (Å²) in [6.45, 7) is 6.08. The number of alkyl halides is 2. The van der Waals surface area contributed by atoms with E-state index in [1.54, 1.807) is 0 Å². The molecule has 12 heavy (non-hydrogen) atoms. The Kier molecular flexibility index (Phi) is 4.13. The van der Waals surface area contributed by atoms with Crippen molar-refractivity contribution in [2.45, 2.75) is 33.6 Å². The Morgan fingerprint density at radius 3 is 2.33 bits per heavy atom. The molecule has 0 bridgehead atoms. The summed E-state index contributed by atoms with van der Waals surface area (Å²) >= 11 is 0. The van der Waals surface area contributed by atoms with Crippen molar-refractivity contribution in [3.05, 3.63) is 0 Å². The number of carbonyl (C=O) groups excluding carboxylic acids is 1. The van der Waals surface area contributed by atoms with Gasteiger partial charge in [0.25, 0.3) is 5.91 Å². The van der Waals surface area contributed by atoms with Crippen molar-refractivity contribution in [3.8, 4) is 0 Å². The number of nitrogens with one attached hydrogen (secondary N) is 1. The summed E-state index contributed by atoms with van der Waals surface area (Å²) in [5.41, 5.74) is -0.107. The smallest absolute Gasteiger partial charge is 0.315 e. The predicted molar refractivity (Wildman–Crippen MR) is 43.1 cm³/mol. The predicted octanol–water partition coefficient (Wildman–Crippen LogP) is 1.80. The molecule has 0 rings (SSSR count). The van der Waals surface area contributed by atoms with Crippen LogP contribution in [0.5, 0.6) is 0 Å². The van der Waals surface area contributed by atoms with E-state index in [0.29, 0.717) is 6.54 Å². The summed E-state index contributed by atoms with van der Waals surface area (Å²) in [6, 6.07) is 0. The van der Waals surface area contributed by atoms with Gasteiger partial charge in [0.15, 0.2) is 0 Å². The minimum absolute atomic E-state index is 0.107. The second-order valence-electron chi connectivity index (χ2n) is 3.54. The quantitative estimate of drug-likeness (QED) is 0.700. The van der Waals surface area contributed by atoms with Crippen LogP contribution in [-0.4, -0.2) is 18.9 Å². The maximum atomic E-state index is 11.7. The third kappa shape index (κ3) is 4.26. The highest BCUT2D eigenvalue weighted by atomic mass is 19.3. The van der Waals surface area contributed by atoms with Gasteiger partial charge in [0.1, 0.15) is 0 Å². The average molecular weight is 179 g/mol. The Labute approximate surface area is 71.3 Å². The number of hydrogen-bond donors (Lipinski definition) is 1. The van der Waals surface area contributed by atoms with Crippen molar-refractivity contribution >= 4 is 5.91 Å². The first-order chi connectivity index (χ1) is 5.39. The Morgan fingerprint density at radius 1 is 1.50 bits per heavy atom. The molecular weight excluding hydrogens is 164 g/mol. The SMILES string of the molecule is CCC(C)(C)CNC(=O)C(F)F. The van der Waals surface area contributed by atoms with Crippen LogP contribution in [0.2, 0.25) is 0 Å². The van der Waals surface area contributed by atoms with Gasteiger partial charge in [-0.15, -0.1) is 0 Å². The fraction of sp³-hybridized carbons (Fsp3) is 0.875. The summed E-state index contributed by atoms with van der Waals surface area (Å²) in [5.74, 6) is -1.18. The molecule has 0 fully saturated rings. The first-order valence-corrected chi connectivity index (χ1v) is 3.95. The molecule has 0 heterocycles. The molecule has 0 aromatic carbocycles. The normalized spacial score (nSPS) is 11.8. The lowest BCUT2D eigenvalue weighted by Crippen LogP contribution is -2.36. The van der Waals surface area contributed by atoms with Gasteiger partial charge in [0.05, 0.1) is 0 Å². The number of hydrogen-bond acceptors (Lipinski definition) is 1. The van der Waals surface area contributed by atoms with Gasteiger partial charge in [0, 0.05) is 6.54 Å². The number of rotatable bonds is 4. The molecule has 1 N–H and O–H groups in total. The van der Waals surface area contributed by atoms with Crippen LogP contribution in [0.1, 0.15) is 27.2 Å². The van der Waals surface area contributed by atoms with Crippen molar-refractivity contribution in [2.24, 2.45) is 5.41 Å². The summed E-state index contributed by atoms with van der Waals surface area (Å²) in [4.78, 5) is 10.4. The van der Waals surface area contributed by atoms with E-state index in [2.05, 4.69) is 5.32 Å². The van der Waals surface area contributed by atoms with Crippen molar-refractivity contribution in [2.75, 3.05) is 6.54 Å². The van der Waals surface area contributed by atoms with Crippen LogP contribution >= 0.6 is 0 Å². The molecule has 2 nitrogen and oxygen atoms in total. The monoisotopic (exact) mass is 179 g/mol. The van der Waals surface area contributed by atoms with Crippen LogP contribution in [0.15, 0.2) is 0 Å². The van der Waals surface area contributed by atoms with Gasteiger partial charge in [-0.3, -0.25) is 4.79 Å². The zero-order valence-corrected chi connectivity index (χ0v) is 7.66. The van der Waals surface area contributed by atoms with Crippen LogP contribution in [0.3, 0.4) is 0 Å². The van der Waals surface area contributed by atoms with Gasteiger partial charge in [0.2, 0.25) is 0 Å². The maximum absolute atomic E-state index is 11.7. The zero-order valence-electron chi connectivity index (χ0n) is 7.66. The van der Waals surface area contributed by atoms with Gasteiger partial charge in [-0.25, -0.2) is 0 Å². The third-order valence-corrected chi connectivity index (χ3v) is 1.90. The Bertz CT molecular complexity index is 157. The largest absolute Gasteiger partial charge is 0.351 e. The molecule has 0 aliphatic rings. The average Bonchev–Trinajstić information content (AvgIpc) is 2.00. The van der Waals surface area contributed by atoms with E-state index < -0.39 is 12.3 Å². The molecule has 0 aliphatic heterocycles. The fourth-order valence-electron chi connectivity index (χ4n) is 0.529.